The summed E-state index contributed by atoms with van der Waals surface area (Å²) in [5, 5.41) is 25.8. The lowest BCUT2D eigenvalue weighted by atomic mass is 10.2. The number of halogens is 1. The lowest BCUT2D eigenvalue weighted by Gasteiger charge is -2.16. The Bertz CT molecular complexity index is 74.6. The van der Waals surface area contributed by atoms with E-state index in [1.807, 2.05) is 0 Å². The normalized spacial score (nSPS) is 12.0. The van der Waals surface area contributed by atoms with E-state index < -0.39 is 5.79 Å². The van der Waals surface area contributed by atoms with Gasteiger partial charge in [-0.25, -0.2) is 0 Å². The van der Waals surface area contributed by atoms with Crippen LogP contribution in [0.4, 0.5) is 0 Å². The average molecular weight is 155 g/mol. The highest BCUT2D eigenvalue weighted by molar-refractivity contribution is 6.18. The minimum absolute atomic E-state index is 0.0419. The van der Waals surface area contributed by atoms with Crippen molar-refractivity contribution < 1.29 is 15.3 Å². The third kappa shape index (κ3) is 4.66. The van der Waals surface area contributed by atoms with Crippen LogP contribution in [0.2, 0.25) is 0 Å². The van der Waals surface area contributed by atoms with E-state index in [1.54, 1.807) is 0 Å². The first-order chi connectivity index (χ1) is 4.12. The maximum atomic E-state index is 8.77. The summed E-state index contributed by atoms with van der Waals surface area (Å²) >= 11 is 5.15. The van der Waals surface area contributed by atoms with Gasteiger partial charge in [0.15, 0.2) is 5.79 Å². The molecule has 3 N–H and O–H groups in total. The lowest BCUT2D eigenvalue weighted by Crippen LogP contribution is -2.30. The van der Waals surface area contributed by atoms with Gasteiger partial charge in [-0.15, -0.1) is 11.6 Å². The molecule has 0 amide bonds. The number of rotatable bonds is 4. The van der Waals surface area contributed by atoms with Gasteiger partial charge in [0.05, 0.1) is 5.88 Å². The molecule has 0 rings (SSSR count). The first kappa shape index (κ1) is 9.17. The molecule has 0 aromatic rings. The predicted octanol–water partition coefficient (Wildman–Crippen LogP) is -0.321. The third-order valence-corrected chi connectivity index (χ3v) is 1.38. The largest absolute Gasteiger partial charge is 0.396 e. The first-order valence-electron chi connectivity index (χ1n) is 2.74. The molecule has 0 bridgehead atoms. The maximum Gasteiger partial charge on any atom is 0.176 e. The number of hydrogen-bond donors (Lipinski definition) is 3. The van der Waals surface area contributed by atoms with Crippen molar-refractivity contribution in [3.8, 4) is 0 Å². The second kappa shape index (κ2) is 4.06. The molecule has 0 spiro atoms. The Labute approximate surface area is 58.9 Å². The molecule has 9 heavy (non-hydrogen) atoms. The molecule has 0 aliphatic rings. The van der Waals surface area contributed by atoms with Gasteiger partial charge in [0.2, 0.25) is 0 Å². The topological polar surface area (TPSA) is 60.7 Å². The summed E-state index contributed by atoms with van der Waals surface area (Å²) in [7, 11) is 0. The molecule has 0 aromatic carbocycles. The summed E-state index contributed by atoms with van der Waals surface area (Å²) in [4.78, 5) is 0. The van der Waals surface area contributed by atoms with Crippen LogP contribution in [0.25, 0.3) is 0 Å². The zero-order valence-corrected chi connectivity index (χ0v) is 5.80. The monoisotopic (exact) mass is 154 g/mol. The van der Waals surface area contributed by atoms with Crippen LogP contribution in [0.5, 0.6) is 0 Å². The number of aliphatic hydroxyl groups excluding tert-OH is 1. The summed E-state index contributed by atoms with van der Waals surface area (Å²) in [6, 6.07) is 0. The van der Waals surface area contributed by atoms with Crippen molar-refractivity contribution in [1.82, 2.24) is 0 Å². The van der Waals surface area contributed by atoms with E-state index in [1.165, 1.54) is 0 Å². The highest BCUT2D eigenvalue weighted by atomic mass is 35.5. The number of hydrogen-bond acceptors (Lipinski definition) is 3. The predicted molar refractivity (Wildman–Crippen MR) is 34.2 cm³/mol. The Morgan fingerprint density at radius 1 is 1.33 bits per heavy atom. The fraction of sp³-hybridized carbons (Fsp3) is 1.00. The Hall–Kier alpha value is 0.170. The van der Waals surface area contributed by atoms with Crippen molar-refractivity contribution in [2.75, 3.05) is 12.5 Å². The van der Waals surface area contributed by atoms with E-state index in [4.69, 9.17) is 26.9 Å². The molecular formula is C5H11ClO3. The molecule has 3 nitrogen and oxygen atoms in total. The lowest BCUT2D eigenvalue weighted by molar-refractivity contribution is -0.148. The van der Waals surface area contributed by atoms with Crippen molar-refractivity contribution in [3.63, 3.8) is 0 Å². The molecule has 0 atom stereocenters. The Morgan fingerprint density at radius 3 is 2.22 bits per heavy atom. The fourth-order valence-corrected chi connectivity index (χ4v) is 0.563. The SMILES string of the molecule is OCCCC(O)(O)CCl. The van der Waals surface area contributed by atoms with Gasteiger partial charge in [0.1, 0.15) is 0 Å². The molecular weight excluding hydrogens is 144 g/mol. The van der Waals surface area contributed by atoms with Gasteiger partial charge in [-0.1, -0.05) is 0 Å². The van der Waals surface area contributed by atoms with Gasteiger partial charge >= 0.3 is 0 Å². The number of alkyl halides is 1. The van der Waals surface area contributed by atoms with Gasteiger partial charge in [0.25, 0.3) is 0 Å². The maximum absolute atomic E-state index is 8.77. The molecule has 56 valence electrons. The summed E-state index contributed by atoms with van der Waals surface area (Å²) in [5.74, 6) is -2.02. The highest BCUT2D eigenvalue weighted by Crippen LogP contribution is 2.09. The quantitative estimate of drug-likeness (QED) is 0.384. The van der Waals surface area contributed by atoms with Crippen LogP contribution in [-0.2, 0) is 0 Å². The van der Waals surface area contributed by atoms with Gasteiger partial charge in [-0.05, 0) is 6.42 Å². The average Bonchev–Trinajstić information content (AvgIpc) is 1.84. The smallest absolute Gasteiger partial charge is 0.176 e. The molecule has 4 heteroatoms. The fourth-order valence-electron chi connectivity index (χ4n) is 0.429. The molecule has 0 aromatic heterocycles. The second-order valence-electron chi connectivity index (χ2n) is 1.94. The second-order valence-corrected chi connectivity index (χ2v) is 2.21. The zero-order chi connectivity index (χ0) is 7.33. The molecule has 0 radical (unpaired) electrons. The van der Waals surface area contributed by atoms with Crippen LogP contribution >= 0.6 is 11.6 Å². The minimum Gasteiger partial charge on any atom is -0.396 e. The molecule has 0 fully saturated rings. The van der Waals surface area contributed by atoms with Crippen molar-refractivity contribution in [1.29, 1.82) is 0 Å². The van der Waals surface area contributed by atoms with E-state index in [0.29, 0.717) is 6.42 Å². The third-order valence-electron chi connectivity index (χ3n) is 0.949. The molecule has 0 aliphatic heterocycles. The highest BCUT2D eigenvalue weighted by Gasteiger charge is 2.19. The van der Waals surface area contributed by atoms with Gasteiger partial charge < -0.3 is 15.3 Å². The van der Waals surface area contributed by atoms with E-state index in [9.17, 15) is 0 Å². The van der Waals surface area contributed by atoms with Gasteiger partial charge in [-0.2, -0.15) is 0 Å². The van der Waals surface area contributed by atoms with Crippen LogP contribution in [0.1, 0.15) is 12.8 Å². The summed E-state index contributed by atoms with van der Waals surface area (Å²) in [6.45, 7) is -0.0419. The van der Waals surface area contributed by atoms with Crippen LogP contribution in [0, 0.1) is 0 Å². The minimum atomic E-state index is -1.80. The Balaban J connectivity index is 3.33. The molecule has 0 saturated carbocycles. The van der Waals surface area contributed by atoms with Crippen LogP contribution in [0.3, 0.4) is 0 Å². The van der Waals surface area contributed by atoms with Crippen LogP contribution < -0.4 is 0 Å². The van der Waals surface area contributed by atoms with E-state index in [2.05, 4.69) is 0 Å². The van der Waals surface area contributed by atoms with Crippen LogP contribution in [0.15, 0.2) is 0 Å². The van der Waals surface area contributed by atoms with Gasteiger partial charge in [-0.3, -0.25) is 0 Å². The summed E-state index contributed by atoms with van der Waals surface area (Å²) in [6.07, 6.45) is 0.479. The zero-order valence-electron chi connectivity index (χ0n) is 5.05. The van der Waals surface area contributed by atoms with Gasteiger partial charge in [0, 0.05) is 13.0 Å². The molecule has 0 aliphatic carbocycles. The molecule has 0 saturated heterocycles. The first-order valence-corrected chi connectivity index (χ1v) is 3.27. The van der Waals surface area contributed by atoms with Crippen LogP contribution in [-0.4, -0.2) is 33.6 Å². The summed E-state index contributed by atoms with van der Waals surface area (Å²) < 4.78 is 0. The van der Waals surface area contributed by atoms with E-state index in [0.717, 1.165) is 0 Å². The van der Waals surface area contributed by atoms with E-state index in [-0.39, 0.29) is 18.9 Å². The van der Waals surface area contributed by atoms with Crippen molar-refractivity contribution in [3.05, 3.63) is 0 Å². The van der Waals surface area contributed by atoms with Crippen molar-refractivity contribution >= 4 is 11.6 Å². The standard InChI is InChI=1S/C5H11ClO3/c6-4-5(8,9)2-1-3-7/h7-9H,1-4H2. The van der Waals surface area contributed by atoms with E-state index >= 15 is 0 Å². The molecule has 0 heterocycles. The number of aliphatic hydroxyl groups is 3. The van der Waals surface area contributed by atoms with Crippen molar-refractivity contribution in [2.24, 2.45) is 0 Å². The summed E-state index contributed by atoms with van der Waals surface area (Å²) in [5.41, 5.74) is 0. The Kier molecular flexibility index (Phi) is 4.14. The Morgan fingerprint density at radius 2 is 1.89 bits per heavy atom. The van der Waals surface area contributed by atoms with Crippen molar-refractivity contribution in [2.45, 2.75) is 18.6 Å². The molecule has 0 unspecified atom stereocenters.